The molecule has 2 aromatic rings. The molecule has 1 aromatic heterocycles. The Kier molecular flexibility index (Phi) is 3.84. The van der Waals surface area contributed by atoms with E-state index < -0.39 is 0 Å². The first-order chi connectivity index (χ1) is 8.63. The topological polar surface area (TPSA) is 39.2 Å². The zero-order valence-electron chi connectivity index (χ0n) is 9.48. The fraction of sp³-hybridized carbons (Fsp3) is 0.0769. The van der Waals surface area contributed by atoms with Crippen molar-refractivity contribution in [3.63, 3.8) is 0 Å². The van der Waals surface area contributed by atoms with Crippen molar-refractivity contribution in [2.24, 2.45) is 0 Å². The van der Waals surface area contributed by atoms with Crippen LogP contribution in [-0.2, 0) is 0 Å². The SMILES string of the molecule is COc1cc(C(=O)c2ncccc2Cl)ccc1Cl. The average molecular weight is 282 g/mol. The Labute approximate surface area is 114 Å². The van der Waals surface area contributed by atoms with E-state index in [2.05, 4.69) is 4.98 Å². The maximum atomic E-state index is 12.2. The Hall–Kier alpha value is -1.58. The highest BCUT2D eigenvalue weighted by atomic mass is 35.5. The van der Waals surface area contributed by atoms with Gasteiger partial charge in [-0.25, -0.2) is 0 Å². The lowest BCUT2D eigenvalue weighted by Gasteiger charge is -2.06. The highest BCUT2D eigenvalue weighted by Crippen LogP contribution is 2.26. The number of ether oxygens (including phenoxy) is 1. The van der Waals surface area contributed by atoms with E-state index in [1.54, 1.807) is 30.3 Å². The summed E-state index contributed by atoms with van der Waals surface area (Å²) < 4.78 is 5.06. The molecule has 0 unspecified atom stereocenters. The van der Waals surface area contributed by atoms with Crippen LogP contribution in [0.3, 0.4) is 0 Å². The molecule has 0 N–H and O–H groups in total. The molecule has 0 aliphatic carbocycles. The summed E-state index contributed by atoms with van der Waals surface area (Å²) in [7, 11) is 1.49. The summed E-state index contributed by atoms with van der Waals surface area (Å²) in [4.78, 5) is 16.2. The molecule has 2 rings (SSSR count). The number of carbonyl (C=O) groups excluding carboxylic acids is 1. The first kappa shape index (κ1) is 12.9. The summed E-state index contributed by atoms with van der Waals surface area (Å²) in [5, 5.41) is 0.762. The molecular formula is C13H9Cl2NO2. The molecule has 0 bridgehead atoms. The summed E-state index contributed by atoms with van der Waals surface area (Å²) >= 11 is 11.8. The van der Waals surface area contributed by atoms with Crippen LogP contribution >= 0.6 is 23.2 Å². The number of methoxy groups -OCH3 is 1. The van der Waals surface area contributed by atoms with Gasteiger partial charge in [-0.2, -0.15) is 0 Å². The fourth-order valence-electron chi connectivity index (χ4n) is 1.49. The second kappa shape index (κ2) is 5.38. The van der Waals surface area contributed by atoms with Gasteiger partial charge in [0.1, 0.15) is 11.4 Å². The first-order valence-electron chi connectivity index (χ1n) is 5.12. The minimum absolute atomic E-state index is 0.212. The van der Waals surface area contributed by atoms with Gasteiger partial charge in [-0.15, -0.1) is 0 Å². The van der Waals surface area contributed by atoms with Crippen LogP contribution in [0.15, 0.2) is 36.5 Å². The summed E-state index contributed by atoms with van der Waals surface area (Å²) in [5.41, 5.74) is 0.639. The molecule has 1 aromatic carbocycles. The van der Waals surface area contributed by atoms with Crippen LogP contribution in [0.2, 0.25) is 10.0 Å². The van der Waals surface area contributed by atoms with Crippen molar-refractivity contribution in [1.82, 2.24) is 4.98 Å². The predicted molar refractivity (Wildman–Crippen MR) is 70.7 cm³/mol. The molecular weight excluding hydrogens is 273 g/mol. The molecule has 18 heavy (non-hydrogen) atoms. The highest BCUT2D eigenvalue weighted by molar-refractivity contribution is 6.35. The lowest BCUT2D eigenvalue weighted by Crippen LogP contribution is -2.05. The second-order valence-electron chi connectivity index (χ2n) is 3.51. The predicted octanol–water partition coefficient (Wildman–Crippen LogP) is 3.63. The Morgan fingerprint density at radius 1 is 1.22 bits per heavy atom. The largest absolute Gasteiger partial charge is 0.495 e. The van der Waals surface area contributed by atoms with Crippen molar-refractivity contribution in [1.29, 1.82) is 0 Å². The van der Waals surface area contributed by atoms with Crippen molar-refractivity contribution >= 4 is 29.0 Å². The number of pyridine rings is 1. The maximum Gasteiger partial charge on any atom is 0.213 e. The van der Waals surface area contributed by atoms with E-state index in [1.807, 2.05) is 0 Å². The second-order valence-corrected chi connectivity index (χ2v) is 4.33. The third-order valence-electron chi connectivity index (χ3n) is 2.39. The minimum atomic E-state index is -0.268. The summed E-state index contributed by atoms with van der Waals surface area (Å²) in [6, 6.07) is 8.06. The van der Waals surface area contributed by atoms with Crippen LogP contribution in [0.4, 0.5) is 0 Å². The number of rotatable bonds is 3. The van der Waals surface area contributed by atoms with Crippen LogP contribution in [0, 0.1) is 0 Å². The molecule has 0 atom stereocenters. The van der Waals surface area contributed by atoms with Gasteiger partial charge in [0.15, 0.2) is 0 Å². The van der Waals surface area contributed by atoms with E-state index in [9.17, 15) is 4.79 Å². The molecule has 0 radical (unpaired) electrons. The van der Waals surface area contributed by atoms with Gasteiger partial charge < -0.3 is 4.74 Å². The van der Waals surface area contributed by atoms with Crippen LogP contribution in [0.1, 0.15) is 16.1 Å². The molecule has 0 saturated heterocycles. The number of halogens is 2. The van der Waals surface area contributed by atoms with Gasteiger partial charge in [-0.1, -0.05) is 23.2 Å². The Morgan fingerprint density at radius 2 is 2.00 bits per heavy atom. The molecule has 0 fully saturated rings. The van der Waals surface area contributed by atoms with Crippen LogP contribution in [0.5, 0.6) is 5.75 Å². The van der Waals surface area contributed by atoms with Crippen LogP contribution in [0.25, 0.3) is 0 Å². The van der Waals surface area contributed by atoms with E-state index >= 15 is 0 Å². The van der Waals surface area contributed by atoms with Gasteiger partial charge in [-0.3, -0.25) is 9.78 Å². The summed E-state index contributed by atoms with van der Waals surface area (Å²) in [6.45, 7) is 0. The molecule has 0 spiro atoms. The number of aromatic nitrogens is 1. The average Bonchev–Trinajstić information content (AvgIpc) is 2.39. The lowest BCUT2D eigenvalue weighted by atomic mass is 10.1. The lowest BCUT2D eigenvalue weighted by molar-refractivity contribution is 0.103. The summed E-state index contributed by atoms with van der Waals surface area (Å²) in [5.74, 6) is 0.171. The van der Waals surface area contributed by atoms with Crippen molar-refractivity contribution in [2.75, 3.05) is 7.11 Å². The van der Waals surface area contributed by atoms with E-state index in [1.165, 1.54) is 13.3 Å². The zero-order chi connectivity index (χ0) is 13.1. The Bertz CT molecular complexity index is 599. The van der Waals surface area contributed by atoms with Gasteiger partial charge in [0.25, 0.3) is 0 Å². The molecule has 0 aliphatic heterocycles. The smallest absolute Gasteiger partial charge is 0.213 e. The first-order valence-corrected chi connectivity index (χ1v) is 5.88. The standard InChI is InChI=1S/C13H9Cl2NO2/c1-18-11-7-8(4-5-9(11)14)13(17)12-10(15)3-2-6-16-12/h2-7H,1H3. The van der Waals surface area contributed by atoms with E-state index in [0.717, 1.165) is 0 Å². The molecule has 0 saturated carbocycles. The Balaban J connectivity index is 2.44. The van der Waals surface area contributed by atoms with Gasteiger partial charge in [-0.05, 0) is 30.3 Å². The van der Waals surface area contributed by atoms with E-state index in [4.69, 9.17) is 27.9 Å². The zero-order valence-corrected chi connectivity index (χ0v) is 11.0. The fourth-order valence-corrected chi connectivity index (χ4v) is 1.89. The van der Waals surface area contributed by atoms with Crippen LogP contribution in [-0.4, -0.2) is 17.9 Å². The van der Waals surface area contributed by atoms with Crippen molar-refractivity contribution < 1.29 is 9.53 Å². The number of hydrogen-bond donors (Lipinski definition) is 0. The minimum Gasteiger partial charge on any atom is -0.495 e. The van der Waals surface area contributed by atoms with E-state index in [0.29, 0.717) is 21.4 Å². The molecule has 0 amide bonds. The monoisotopic (exact) mass is 281 g/mol. The van der Waals surface area contributed by atoms with Crippen molar-refractivity contribution in [2.45, 2.75) is 0 Å². The molecule has 5 heteroatoms. The molecule has 3 nitrogen and oxygen atoms in total. The van der Waals surface area contributed by atoms with Gasteiger partial charge in [0, 0.05) is 11.8 Å². The number of hydrogen-bond acceptors (Lipinski definition) is 3. The Morgan fingerprint density at radius 3 is 2.67 bits per heavy atom. The molecule has 92 valence electrons. The van der Waals surface area contributed by atoms with Crippen molar-refractivity contribution in [3.8, 4) is 5.75 Å². The molecule has 0 aliphatic rings. The third kappa shape index (κ3) is 2.47. The third-order valence-corrected chi connectivity index (χ3v) is 3.00. The number of benzene rings is 1. The van der Waals surface area contributed by atoms with Crippen LogP contribution < -0.4 is 4.74 Å². The number of ketones is 1. The normalized spacial score (nSPS) is 10.2. The quantitative estimate of drug-likeness (QED) is 0.807. The number of nitrogens with zero attached hydrogens (tertiary/aromatic N) is 1. The number of carbonyl (C=O) groups is 1. The van der Waals surface area contributed by atoms with Gasteiger partial charge in [0.05, 0.1) is 17.2 Å². The highest BCUT2D eigenvalue weighted by Gasteiger charge is 2.15. The van der Waals surface area contributed by atoms with E-state index in [-0.39, 0.29) is 11.5 Å². The van der Waals surface area contributed by atoms with Gasteiger partial charge >= 0.3 is 0 Å². The van der Waals surface area contributed by atoms with Gasteiger partial charge in [0.2, 0.25) is 5.78 Å². The summed E-state index contributed by atoms with van der Waals surface area (Å²) in [6.07, 6.45) is 1.52. The van der Waals surface area contributed by atoms with Crippen molar-refractivity contribution in [3.05, 3.63) is 57.8 Å². The maximum absolute atomic E-state index is 12.2. The molecule has 1 heterocycles.